The number of rotatable bonds is 10. The van der Waals surface area contributed by atoms with Gasteiger partial charge >= 0.3 is 0 Å². The lowest BCUT2D eigenvalue weighted by Crippen LogP contribution is -2.32. The number of benzene rings is 2. The third-order valence-electron chi connectivity index (χ3n) is 6.10. The summed E-state index contributed by atoms with van der Waals surface area (Å²) >= 11 is 0. The molecular formula is C25H33NO7. The average molecular weight is 460 g/mol. The first-order chi connectivity index (χ1) is 15.9. The molecule has 0 bridgehead atoms. The predicted octanol–water partition coefficient (Wildman–Crippen LogP) is 4.09. The summed E-state index contributed by atoms with van der Waals surface area (Å²) in [6.45, 7) is 3.87. The Morgan fingerprint density at radius 2 is 1.67 bits per heavy atom. The zero-order valence-corrected chi connectivity index (χ0v) is 20.1. The summed E-state index contributed by atoms with van der Waals surface area (Å²) < 4.78 is 28.1. The molecule has 8 heteroatoms. The molecule has 0 fully saturated rings. The SMILES string of the molecule is CCN(C)CCCC1C(=O)c2c(O)cc(OC)cc2OC1c1cc(OC)c(OC)c(OC)c1. The molecule has 2 aromatic carbocycles. The van der Waals surface area contributed by atoms with Crippen LogP contribution in [0.3, 0.4) is 0 Å². The number of aromatic hydroxyl groups is 1. The van der Waals surface area contributed by atoms with Crippen molar-refractivity contribution in [2.24, 2.45) is 5.92 Å². The first kappa shape index (κ1) is 24.5. The number of carbonyl (C=O) groups excluding carboxylic acids is 1. The number of nitrogens with zero attached hydrogens (tertiary/aromatic N) is 1. The van der Waals surface area contributed by atoms with Gasteiger partial charge in [-0.05, 0) is 45.1 Å². The maximum absolute atomic E-state index is 13.6. The van der Waals surface area contributed by atoms with Gasteiger partial charge in [-0.25, -0.2) is 0 Å². The highest BCUT2D eigenvalue weighted by Crippen LogP contribution is 2.48. The minimum Gasteiger partial charge on any atom is -0.507 e. The molecule has 0 amide bonds. The fourth-order valence-electron chi connectivity index (χ4n) is 4.16. The van der Waals surface area contributed by atoms with Crippen LogP contribution in [0.1, 0.15) is 41.8 Å². The number of phenols is 1. The molecule has 0 radical (unpaired) electrons. The molecule has 8 nitrogen and oxygen atoms in total. The van der Waals surface area contributed by atoms with Crippen molar-refractivity contribution in [3.05, 3.63) is 35.4 Å². The van der Waals surface area contributed by atoms with E-state index >= 15 is 0 Å². The van der Waals surface area contributed by atoms with Gasteiger partial charge in [0.25, 0.3) is 0 Å². The summed E-state index contributed by atoms with van der Waals surface area (Å²) in [4.78, 5) is 15.8. The van der Waals surface area contributed by atoms with Crippen LogP contribution >= 0.6 is 0 Å². The van der Waals surface area contributed by atoms with E-state index in [2.05, 4.69) is 11.8 Å². The average Bonchev–Trinajstić information content (AvgIpc) is 2.83. The van der Waals surface area contributed by atoms with E-state index in [0.717, 1.165) is 25.1 Å². The molecule has 33 heavy (non-hydrogen) atoms. The Kier molecular flexibility index (Phi) is 7.92. The van der Waals surface area contributed by atoms with E-state index in [4.69, 9.17) is 23.7 Å². The predicted molar refractivity (Wildman–Crippen MR) is 124 cm³/mol. The molecule has 3 rings (SSSR count). The number of hydrogen-bond acceptors (Lipinski definition) is 8. The van der Waals surface area contributed by atoms with Gasteiger partial charge in [-0.1, -0.05) is 6.92 Å². The summed E-state index contributed by atoms with van der Waals surface area (Å²) in [6.07, 6.45) is 0.796. The van der Waals surface area contributed by atoms with Gasteiger partial charge in [0, 0.05) is 17.7 Å². The highest BCUT2D eigenvalue weighted by molar-refractivity contribution is 6.04. The Balaban J connectivity index is 2.08. The van der Waals surface area contributed by atoms with Crippen molar-refractivity contribution in [2.45, 2.75) is 25.9 Å². The number of Topliss-reactive ketones (excluding diaryl/α,β-unsaturated/α-hetero) is 1. The van der Waals surface area contributed by atoms with E-state index in [0.29, 0.717) is 29.4 Å². The summed E-state index contributed by atoms with van der Waals surface area (Å²) in [5.74, 6) is 1.32. The van der Waals surface area contributed by atoms with Crippen molar-refractivity contribution in [3.8, 4) is 34.5 Å². The number of ketones is 1. The van der Waals surface area contributed by atoms with Gasteiger partial charge in [-0.2, -0.15) is 0 Å². The van der Waals surface area contributed by atoms with E-state index in [9.17, 15) is 9.90 Å². The van der Waals surface area contributed by atoms with Gasteiger partial charge < -0.3 is 33.7 Å². The second-order valence-corrected chi connectivity index (χ2v) is 8.03. The van der Waals surface area contributed by atoms with Crippen LogP contribution in [0.2, 0.25) is 0 Å². The monoisotopic (exact) mass is 459 g/mol. The molecule has 2 unspecified atom stereocenters. The second-order valence-electron chi connectivity index (χ2n) is 8.03. The Bertz CT molecular complexity index is 966. The molecule has 1 N–H and O–H groups in total. The lowest BCUT2D eigenvalue weighted by molar-refractivity contribution is 0.0619. The lowest BCUT2D eigenvalue weighted by atomic mass is 9.82. The molecule has 180 valence electrons. The molecule has 1 aliphatic rings. The molecule has 0 aliphatic carbocycles. The van der Waals surface area contributed by atoms with Crippen LogP contribution in [0.15, 0.2) is 24.3 Å². The van der Waals surface area contributed by atoms with Crippen molar-refractivity contribution >= 4 is 5.78 Å². The molecule has 0 aromatic heterocycles. The number of methoxy groups -OCH3 is 4. The van der Waals surface area contributed by atoms with E-state index < -0.39 is 12.0 Å². The first-order valence-electron chi connectivity index (χ1n) is 11.0. The third kappa shape index (κ3) is 4.95. The van der Waals surface area contributed by atoms with Gasteiger partial charge in [0.2, 0.25) is 5.75 Å². The third-order valence-corrected chi connectivity index (χ3v) is 6.10. The quantitative estimate of drug-likeness (QED) is 0.569. The minimum atomic E-state index is -0.600. The molecular weight excluding hydrogens is 426 g/mol. The van der Waals surface area contributed by atoms with Gasteiger partial charge in [0.15, 0.2) is 17.3 Å². The largest absolute Gasteiger partial charge is 0.507 e. The second kappa shape index (κ2) is 10.7. The van der Waals surface area contributed by atoms with Crippen molar-refractivity contribution in [1.82, 2.24) is 4.90 Å². The molecule has 1 aliphatic heterocycles. The van der Waals surface area contributed by atoms with Gasteiger partial charge in [0.1, 0.15) is 28.9 Å². The van der Waals surface area contributed by atoms with Crippen LogP contribution in [0.4, 0.5) is 0 Å². The zero-order valence-electron chi connectivity index (χ0n) is 20.1. The smallest absolute Gasteiger partial charge is 0.203 e. The van der Waals surface area contributed by atoms with Crippen molar-refractivity contribution in [1.29, 1.82) is 0 Å². The standard InChI is InChI=1S/C25H33NO7/c1-7-26(2)10-8-9-17-23(28)22-18(27)13-16(29-3)14-19(22)33-24(17)15-11-20(30-4)25(32-6)21(12-15)31-5/h11-14,17,24,27H,7-10H2,1-6H3. The Morgan fingerprint density at radius 1 is 1.00 bits per heavy atom. The normalized spacial score (nSPS) is 17.4. The van der Waals surface area contributed by atoms with E-state index in [1.165, 1.54) is 13.2 Å². The van der Waals surface area contributed by atoms with Crippen LogP contribution in [0.5, 0.6) is 34.5 Å². The van der Waals surface area contributed by atoms with Crippen LogP contribution in [0, 0.1) is 5.92 Å². The summed E-state index contributed by atoms with van der Waals surface area (Å²) in [5.41, 5.74) is 0.910. The van der Waals surface area contributed by atoms with Crippen molar-refractivity contribution in [3.63, 3.8) is 0 Å². The van der Waals surface area contributed by atoms with E-state index in [-0.39, 0.29) is 22.8 Å². The molecule has 0 saturated carbocycles. The number of phenolic OH excluding ortho intramolecular Hbond substituents is 1. The van der Waals surface area contributed by atoms with Crippen LogP contribution in [-0.2, 0) is 0 Å². The Morgan fingerprint density at radius 3 is 2.21 bits per heavy atom. The van der Waals surface area contributed by atoms with Gasteiger partial charge in [0.05, 0.1) is 34.4 Å². The number of hydrogen-bond donors (Lipinski definition) is 1. The zero-order chi connectivity index (χ0) is 24.1. The van der Waals surface area contributed by atoms with E-state index in [1.54, 1.807) is 39.5 Å². The van der Waals surface area contributed by atoms with Crippen molar-refractivity contribution in [2.75, 3.05) is 48.6 Å². The van der Waals surface area contributed by atoms with Crippen LogP contribution < -0.4 is 23.7 Å². The summed E-state index contributed by atoms with van der Waals surface area (Å²) in [7, 11) is 8.17. The highest BCUT2D eigenvalue weighted by Gasteiger charge is 2.40. The van der Waals surface area contributed by atoms with Crippen LogP contribution in [-0.4, -0.2) is 64.4 Å². The molecule has 2 aromatic rings. The Hall–Kier alpha value is -3.13. The topological polar surface area (TPSA) is 86.7 Å². The van der Waals surface area contributed by atoms with Gasteiger partial charge in [-0.3, -0.25) is 4.79 Å². The number of ether oxygens (including phenoxy) is 5. The minimum absolute atomic E-state index is 0.145. The molecule has 0 spiro atoms. The fraction of sp³-hybridized carbons (Fsp3) is 0.480. The van der Waals surface area contributed by atoms with Crippen LogP contribution in [0.25, 0.3) is 0 Å². The molecule has 0 saturated heterocycles. The maximum Gasteiger partial charge on any atom is 0.203 e. The molecule has 2 atom stereocenters. The van der Waals surface area contributed by atoms with Gasteiger partial charge in [-0.15, -0.1) is 0 Å². The summed E-state index contributed by atoms with van der Waals surface area (Å²) in [5, 5.41) is 10.6. The van der Waals surface area contributed by atoms with Crippen molar-refractivity contribution < 1.29 is 33.6 Å². The molecule has 1 heterocycles. The number of fused-ring (bicyclic) bond motifs is 1. The first-order valence-corrected chi connectivity index (χ1v) is 11.0. The van der Waals surface area contributed by atoms with E-state index in [1.807, 2.05) is 7.05 Å². The summed E-state index contributed by atoms with van der Waals surface area (Å²) in [6, 6.07) is 6.66. The Labute approximate surface area is 195 Å². The number of carbonyl (C=O) groups is 1. The maximum atomic E-state index is 13.6. The lowest BCUT2D eigenvalue weighted by Gasteiger charge is -2.34. The highest BCUT2D eigenvalue weighted by atomic mass is 16.5. The fourth-order valence-corrected chi connectivity index (χ4v) is 4.16.